The van der Waals surface area contributed by atoms with Crippen LogP contribution < -0.4 is 10.2 Å². The van der Waals surface area contributed by atoms with E-state index < -0.39 is 18.3 Å². The number of halogens is 3. The topological polar surface area (TPSA) is 62.3 Å². The molecular formula is C25H22F3N3O2. The van der Waals surface area contributed by atoms with Crippen molar-refractivity contribution in [2.75, 3.05) is 16.8 Å². The monoisotopic (exact) mass is 453 g/mol. The number of nitrogens with zero attached hydrogens (tertiary/aromatic N) is 2. The first-order valence-electron chi connectivity index (χ1n) is 10.6. The Balaban J connectivity index is 1.54. The maximum atomic E-state index is 13.1. The van der Waals surface area contributed by atoms with Crippen molar-refractivity contribution in [3.8, 4) is 0 Å². The largest absolute Gasteiger partial charge is 0.326 e. The molecule has 0 fully saturated rings. The van der Waals surface area contributed by atoms with Gasteiger partial charge in [-0.2, -0.15) is 0 Å². The molecule has 2 heterocycles. The number of benzene rings is 2. The molecule has 1 unspecified atom stereocenters. The van der Waals surface area contributed by atoms with Gasteiger partial charge in [-0.1, -0.05) is 12.1 Å². The lowest BCUT2D eigenvalue weighted by molar-refractivity contribution is -0.117. The predicted molar refractivity (Wildman–Crippen MR) is 119 cm³/mol. The van der Waals surface area contributed by atoms with Crippen molar-refractivity contribution in [2.45, 2.75) is 32.1 Å². The minimum absolute atomic E-state index is 0.0308. The highest BCUT2D eigenvalue weighted by Crippen LogP contribution is 2.32. The number of anilines is 2. The van der Waals surface area contributed by atoms with Crippen LogP contribution in [0.3, 0.4) is 0 Å². The van der Waals surface area contributed by atoms with E-state index in [2.05, 4.69) is 10.3 Å². The number of amides is 2. The first-order valence-corrected chi connectivity index (χ1v) is 10.6. The second-order valence-electron chi connectivity index (χ2n) is 7.94. The van der Waals surface area contributed by atoms with E-state index in [1.165, 1.54) is 36.5 Å². The molecule has 0 bridgehead atoms. The fraction of sp³-hybridized carbons (Fsp3) is 0.240. The Morgan fingerprint density at radius 2 is 1.79 bits per heavy atom. The molecule has 33 heavy (non-hydrogen) atoms. The summed E-state index contributed by atoms with van der Waals surface area (Å²) in [5, 5.41) is 2.77. The minimum Gasteiger partial charge on any atom is -0.326 e. The zero-order chi connectivity index (χ0) is 23.5. The highest BCUT2D eigenvalue weighted by Gasteiger charge is 2.26. The van der Waals surface area contributed by atoms with Crippen LogP contribution in [-0.4, -0.2) is 23.3 Å². The summed E-state index contributed by atoms with van der Waals surface area (Å²) in [6.45, 7) is 2.22. The lowest BCUT2D eigenvalue weighted by atomic mass is 9.93. The van der Waals surface area contributed by atoms with Crippen molar-refractivity contribution in [1.82, 2.24) is 4.98 Å². The van der Waals surface area contributed by atoms with Gasteiger partial charge in [0.2, 0.25) is 5.91 Å². The van der Waals surface area contributed by atoms with Crippen molar-refractivity contribution in [3.63, 3.8) is 0 Å². The van der Waals surface area contributed by atoms with Gasteiger partial charge in [-0.05, 0) is 73.4 Å². The van der Waals surface area contributed by atoms with Gasteiger partial charge in [0.1, 0.15) is 11.5 Å². The molecule has 4 rings (SSSR count). The summed E-state index contributed by atoms with van der Waals surface area (Å²) in [6, 6.07) is 13.3. The maximum Gasteiger partial charge on any atom is 0.276 e. The van der Waals surface area contributed by atoms with Crippen molar-refractivity contribution >= 4 is 23.2 Å². The number of hydrogen-bond donors (Lipinski definition) is 1. The van der Waals surface area contributed by atoms with Gasteiger partial charge in [-0.3, -0.25) is 14.6 Å². The molecule has 1 aromatic heterocycles. The Kier molecular flexibility index (Phi) is 6.44. The Labute approximate surface area is 189 Å². The molecule has 2 aromatic carbocycles. The minimum atomic E-state index is -2.68. The third-order valence-corrected chi connectivity index (χ3v) is 5.73. The second-order valence-corrected chi connectivity index (χ2v) is 7.94. The molecule has 3 aromatic rings. The first kappa shape index (κ1) is 22.5. The highest BCUT2D eigenvalue weighted by atomic mass is 19.3. The molecule has 0 saturated carbocycles. The fourth-order valence-electron chi connectivity index (χ4n) is 3.87. The summed E-state index contributed by atoms with van der Waals surface area (Å²) in [7, 11) is 0. The SMILES string of the molecule is CC(C(=O)Nc1ccc(F)cc1)c1ccc2c(c1)CCCN2C(=O)c1cc(C(F)F)ccn1. The summed E-state index contributed by atoms with van der Waals surface area (Å²) < 4.78 is 39.1. The number of carbonyl (C=O) groups is 2. The number of nitrogens with one attached hydrogen (secondary N) is 1. The lowest BCUT2D eigenvalue weighted by Gasteiger charge is -2.30. The van der Waals surface area contributed by atoms with Gasteiger partial charge in [-0.25, -0.2) is 13.2 Å². The van der Waals surface area contributed by atoms with Gasteiger partial charge in [0.15, 0.2) is 0 Å². The van der Waals surface area contributed by atoms with Gasteiger partial charge in [0.25, 0.3) is 12.3 Å². The third kappa shape index (κ3) is 4.89. The molecule has 1 atom stereocenters. The van der Waals surface area contributed by atoms with E-state index in [1.54, 1.807) is 24.0 Å². The zero-order valence-corrected chi connectivity index (χ0v) is 17.9. The number of pyridine rings is 1. The second kappa shape index (κ2) is 9.44. The molecule has 5 nitrogen and oxygen atoms in total. The van der Waals surface area contributed by atoms with Crippen molar-refractivity contribution < 1.29 is 22.8 Å². The Morgan fingerprint density at radius 1 is 1.03 bits per heavy atom. The van der Waals surface area contributed by atoms with Gasteiger partial charge in [0.05, 0.1) is 5.92 Å². The van der Waals surface area contributed by atoms with E-state index in [9.17, 15) is 22.8 Å². The van der Waals surface area contributed by atoms with Gasteiger partial charge in [-0.15, -0.1) is 0 Å². The first-order chi connectivity index (χ1) is 15.8. The molecule has 8 heteroatoms. The normalized spacial score (nSPS) is 14.0. The van der Waals surface area contributed by atoms with Crippen LogP contribution in [0.4, 0.5) is 24.5 Å². The van der Waals surface area contributed by atoms with Gasteiger partial charge in [0, 0.05) is 29.7 Å². The molecule has 0 spiro atoms. The van der Waals surface area contributed by atoms with E-state index in [0.29, 0.717) is 24.3 Å². The molecule has 0 aliphatic carbocycles. The van der Waals surface area contributed by atoms with Crippen LogP contribution in [0.25, 0.3) is 0 Å². The van der Waals surface area contributed by atoms with E-state index in [4.69, 9.17) is 0 Å². The summed E-state index contributed by atoms with van der Waals surface area (Å²) in [5.41, 5.74) is 2.59. The molecule has 1 N–H and O–H groups in total. The number of carbonyl (C=O) groups excluding carboxylic acids is 2. The van der Waals surface area contributed by atoms with E-state index in [0.717, 1.165) is 23.6 Å². The van der Waals surface area contributed by atoms with Crippen LogP contribution >= 0.6 is 0 Å². The maximum absolute atomic E-state index is 13.1. The van der Waals surface area contributed by atoms with E-state index in [-0.39, 0.29) is 23.0 Å². The average molecular weight is 453 g/mol. The summed E-state index contributed by atoms with van der Waals surface area (Å²) in [5.74, 6) is -1.53. The number of rotatable bonds is 5. The number of aryl methyl sites for hydroxylation is 1. The van der Waals surface area contributed by atoms with Crippen LogP contribution in [-0.2, 0) is 11.2 Å². The standard InChI is InChI=1S/C25H22F3N3O2/c1-15(24(32)30-20-7-5-19(26)6-8-20)16-4-9-22-17(13-16)3-2-12-31(22)25(33)21-14-18(23(27)28)10-11-29-21/h4-11,13-15,23H,2-3,12H2,1H3,(H,30,32). The summed E-state index contributed by atoms with van der Waals surface area (Å²) >= 11 is 0. The number of alkyl halides is 2. The number of hydrogen-bond acceptors (Lipinski definition) is 3. The molecule has 0 radical (unpaired) electrons. The molecule has 1 aliphatic rings. The van der Waals surface area contributed by atoms with Crippen molar-refractivity contribution in [3.05, 3.63) is 89.0 Å². The third-order valence-electron chi connectivity index (χ3n) is 5.73. The van der Waals surface area contributed by atoms with Crippen LogP contribution in [0.2, 0.25) is 0 Å². The Bertz CT molecular complexity index is 1180. The summed E-state index contributed by atoms with van der Waals surface area (Å²) in [4.78, 5) is 31.2. The Morgan fingerprint density at radius 3 is 2.52 bits per heavy atom. The van der Waals surface area contributed by atoms with Crippen molar-refractivity contribution in [1.29, 1.82) is 0 Å². The van der Waals surface area contributed by atoms with Crippen LogP contribution in [0.1, 0.15) is 52.9 Å². The quantitative estimate of drug-likeness (QED) is 0.555. The molecule has 0 saturated heterocycles. The van der Waals surface area contributed by atoms with E-state index in [1.807, 2.05) is 6.07 Å². The lowest BCUT2D eigenvalue weighted by Crippen LogP contribution is -2.36. The molecular weight excluding hydrogens is 431 g/mol. The molecule has 2 amide bonds. The highest BCUT2D eigenvalue weighted by molar-refractivity contribution is 6.05. The van der Waals surface area contributed by atoms with Crippen LogP contribution in [0, 0.1) is 5.82 Å². The van der Waals surface area contributed by atoms with Crippen molar-refractivity contribution in [2.24, 2.45) is 0 Å². The van der Waals surface area contributed by atoms with Gasteiger partial charge >= 0.3 is 0 Å². The van der Waals surface area contributed by atoms with E-state index >= 15 is 0 Å². The smallest absolute Gasteiger partial charge is 0.276 e. The zero-order valence-electron chi connectivity index (χ0n) is 17.9. The van der Waals surface area contributed by atoms with Crippen LogP contribution in [0.5, 0.6) is 0 Å². The Hall–Kier alpha value is -3.68. The molecule has 1 aliphatic heterocycles. The summed E-state index contributed by atoms with van der Waals surface area (Å²) in [6.07, 6.45) is -0.0425. The van der Waals surface area contributed by atoms with Gasteiger partial charge < -0.3 is 10.2 Å². The predicted octanol–water partition coefficient (Wildman–Crippen LogP) is 5.49. The van der Waals surface area contributed by atoms with Crippen LogP contribution in [0.15, 0.2) is 60.8 Å². The number of aromatic nitrogens is 1. The fourth-order valence-corrected chi connectivity index (χ4v) is 3.87. The molecule has 170 valence electrons. The number of fused-ring (bicyclic) bond motifs is 1. The average Bonchev–Trinajstić information content (AvgIpc) is 2.83.